The van der Waals surface area contributed by atoms with Gasteiger partial charge in [0.15, 0.2) is 0 Å². The van der Waals surface area contributed by atoms with Gasteiger partial charge in [0, 0.05) is 24.0 Å². The number of rotatable bonds is 8. The third kappa shape index (κ3) is 4.80. The standard InChI is InChI=1S/C12H19N7OS/c1-3-6-20-12-17-10(16-11(18-12)19-13)14-5-4-9-15-8(2)7-21-9/h7H,3-6,13H2,1-2H3,(H2,14,16,17,18,19). The van der Waals surface area contributed by atoms with Gasteiger partial charge in [0.2, 0.25) is 11.9 Å². The summed E-state index contributed by atoms with van der Waals surface area (Å²) in [5.41, 5.74) is 3.44. The molecule has 0 atom stereocenters. The van der Waals surface area contributed by atoms with Gasteiger partial charge in [-0.05, 0) is 13.3 Å². The fraction of sp³-hybridized carbons (Fsp3) is 0.500. The van der Waals surface area contributed by atoms with E-state index in [0.717, 1.165) is 23.5 Å². The number of anilines is 2. The molecule has 0 aliphatic heterocycles. The largest absolute Gasteiger partial charge is 0.463 e. The second-order valence-electron chi connectivity index (χ2n) is 4.32. The van der Waals surface area contributed by atoms with E-state index < -0.39 is 0 Å². The topological polar surface area (TPSA) is 111 Å². The third-order valence-corrected chi connectivity index (χ3v) is 3.49. The van der Waals surface area contributed by atoms with Crippen molar-refractivity contribution >= 4 is 23.2 Å². The van der Waals surface area contributed by atoms with E-state index >= 15 is 0 Å². The monoisotopic (exact) mass is 309 g/mol. The SMILES string of the molecule is CCCOc1nc(NN)nc(NCCc2nc(C)cs2)n1. The van der Waals surface area contributed by atoms with Gasteiger partial charge in [0.1, 0.15) is 0 Å². The molecule has 21 heavy (non-hydrogen) atoms. The van der Waals surface area contributed by atoms with Gasteiger partial charge in [-0.15, -0.1) is 11.3 Å². The van der Waals surface area contributed by atoms with Gasteiger partial charge in [0.25, 0.3) is 0 Å². The minimum Gasteiger partial charge on any atom is -0.463 e. The fourth-order valence-corrected chi connectivity index (χ4v) is 2.33. The van der Waals surface area contributed by atoms with Crippen LogP contribution in [-0.2, 0) is 6.42 Å². The van der Waals surface area contributed by atoms with E-state index in [-0.39, 0.29) is 12.0 Å². The molecular weight excluding hydrogens is 290 g/mol. The van der Waals surface area contributed by atoms with Crippen LogP contribution in [0, 0.1) is 6.92 Å². The second kappa shape index (κ2) is 7.70. The smallest absolute Gasteiger partial charge is 0.323 e. The first-order valence-corrected chi connectivity index (χ1v) is 7.59. The summed E-state index contributed by atoms with van der Waals surface area (Å²) in [6, 6.07) is 0.257. The number of aromatic nitrogens is 4. The van der Waals surface area contributed by atoms with Crippen molar-refractivity contribution in [2.45, 2.75) is 26.7 Å². The summed E-state index contributed by atoms with van der Waals surface area (Å²) in [5, 5.41) is 6.23. The zero-order chi connectivity index (χ0) is 15.1. The van der Waals surface area contributed by atoms with Gasteiger partial charge in [-0.1, -0.05) is 6.92 Å². The first kappa shape index (κ1) is 15.4. The summed E-state index contributed by atoms with van der Waals surface area (Å²) in [4.78, 5) is 16.7. The molecule has 8 nitrogen and oxygen atoms in total. The van der Waals surface area contributed by atoms with Gasteiger partial charge >= 0.3 is 6.01 Å². The van der Waals surface area contributed by atoms with Crippen molar-refractivity contribution in [2.24, 2.45) is 5.84 Å². The molecule has 0 fully saturated rings. The molecule has 0 unspecified atom stereocenters. The lowest BCUT2D eigenvalue weighted by molar-refractivity contribution is 0.292. The van der Waals surface area contributed by atoms with Crippen molar-refractivity contribution in [1.82, 2.24) is 19.9 Å². The molecule has 2 rings (SSSR count). The minimum atomic E-state index is 0.257. The van der Waals surface area contributed by atoms with Crippen LogP contribution in [0.3, 0.4) is 0 Å². The molecule has 0 radical (unpaired) electrons. The average molecular weight is 309 g/mol. The predicted octanol–water partition coefficient (Wildman–Crippen LogP) is 1.37. The number of ether oxygens (including phenoxy) is 1. The molecular formula is C12H19N7OS. The van der Waals surface area contributed by atoms with E-state index in [1.54, 1.807) is 11.3 Å². The van der Waals surface area contributed by atoms with E-state index in [2.05, 4.69) is 30.7 Å². The number of aryl methyl sites for hydroxylation is 1. The lowest BCUT2D eigenvalue weighted by atomic mass is 10.4. The number of nitrogens with zero attached hydrogens (tertiary/aromatic N) is 4. The van der Waals surface area contributed by atoms with Crippen LogP contribution in [-0.4, -0.2) is 33.1 Å². The first-order valence-electron chi connectivity index (χ1n) is 6.71. The summed E-state index contributed by atoms with van der Waals surface area (Å²) in [5.74, 6) is 6.04. The Kier molecular flexibility index (Phi) is 5.64. The van der Waals surface area contributed by atoms with Crippen molar-refractivity contribution < 1.29 is 4.74 Å². The van der Waals surface area contributed by atoms with Crippen LogP contribution in [0.4, 0.5) is 11.9 Å². The third-order valence-electron chi connectivity index (χ3n) is 2.47. The molecule has 0 bridgehead atoms. The van der Waals surface area contributed by atoms with Crippen LogP contribution in [0.1, 0.15) is 24.0 Å². The summed E-state index contributed by atoms with van der Waals surface area (Å²) in [7, 11) is 0. The summed E-state index contributed by atoms with van der Waals surface area (Å²) in [6.45, 7) is 5.22. The Morgan fingerprint density at radius 1 is 1.24 bits per heavy atom. The number of nitrogens with two attached hydrogens (primary N) is 1. The van der Waals surface area contributed by atoms with E-state index in [1.807, 2.05) is 19.2 Å². The average Bonchev–Trinajstić information content (AvgIpc) is 2.90. The maximum absolute atomic E-state index is 5.40. The molecule has 2 aromatic rings. The Hall–Kier alpha value is -2.00. The second-order valence-corrected chi connectivity index (χ2v) is 5.26. The van der Waals surface area contributed by atoms with Crippen LogP contribution < -0.4 is 21.3 Å². The Labute approximate surface area is 127 Å². The van der Waals surface area contributed by atoms with E-state index in [4.69, 9.17) is 10.6 Å². The highest BCUT2D eigenvalue weighted by molar-refractivity contribution is 7.09. The van der Waals surface area contributed by atoms with Gasteiger partial charge < -0.3 is 10.1 Å². The molecule has 0 amide bonds. The lowest BCUT2D eigenvalue weighted by Crippen LogP contribution is -2.15. The molecule has 0 saturated carbocycles. The molecule has 2 aromatic heterocycles. The molecule has 9 heteroatoms. The summed E-state index contributed by atoms with van der Waals surface area (Å²) < 4.78 is 5.40. The van der Waals surface area contributed by atoms with Gasteiger partial charge in [-0.2, -0.15) is 15.0 Å². The quantitative estimate of drug-likeness (QED) is 0.495. The zero-order valence-corrected chi connectivity index (χ0v) is 12.9. The zero-order valence-electron chi connectivity index (χ0n) is 12.1. The Bertz CT molecular complexity index is 574. The van der Waals surface area contributed by atoms with Gasteiger partial charge in [-0.25, -0.2) is 10.8 Å². The van der Waals surface area contributed by atoms with E-state index in [9.17, 15) is 0 Å². The number of hydrogen-bond donors (Lipinski definition) is 3. The molecule has 0 aliphatic carbocycles. The molecule has 0 saturated heterocycles. The summed E-state index contributed by atoms with van der Waals surface area (Å²) in [6.07, 6.45) is 1.68. The van der Waals surface area contributed by atoms with Crippen LogP contribution >= 0.6 is 11.3 Å². The van der Waals surface area contributed by atoms with Crippen LogP contribution in [0.25, 0.3) is 0 Å². The highest BCUT2D eigenvalue weighted by atomic mass is 32.1. The number of hydrazine groups is 1. The fourth-order valence-electron chi connectivity index (χ4n) is 1.56. The number of nitrogen functional groups attached to an aromatic ring is 1. The number of nitrogens with one attached hydrogen (secondary N) is 2. The van der Waals surface area contributed by atoms with Crippen LogP contribution in [0.2, 0.25) is 0 Å². The minimum absolute atomic E-state index is 0.257. The highest BCUT2D eigenvalue weighted by Gasteiger charge is 2.07. The van der Waals surface area contributed by atoms with Crippen molar-refractivity contribution in [3.63, 3.8) is 0 Å². The Morgan fingerprint density at radius 2 is 2.05 bits per heavy atom. The number of hydrogen-bond acceptors (Lipinski definition) is 9. The van der Waals surface area contributed by atoms with Crippen molar-refractivity contribution in [1.29, 1.82) is 0 Å². The highest BCUT2D eigenvalue weighted by Crippen LogP contribution is 2.12. The molecule has 0 spiro atoms. The lowest BCUT2D eigenvalue weighted by Gasteiger charge is -2.08. The Balaban J connectivity index is 1.94. The van der Waals surface area contributed by atoms with Crippen LogP contribution in [0.5, 0.6) is 6.01 Å². The maximum atomic E-state index is 5.40. The maximum Gasteiger partial charge on any atom is 0.323 e. The molecule has 2 heterocycles. The molecule has 0 aliphatic rings. The predicted molar refractivity (Wildman–Crippen MR) is 82.5 cm³/mol. The van der Waals surface area contributed by atoms with Crippen molar-refractivity contribution in [3.05, 3.63) is 16.1 Å². The number of thiazole rings is 1. The van der Waals surface area contributed by atoms with Gasteiger partial charge in [-0.3, -0.25) is 5.43 Å². The Morgan fingerprint density at radius 3 is 2.71 bits per heavy atom. The molecule has 114 valence electrons. The molecule has 4 N–H and O–H groups in total. The van der Waals surface area contributed by atoms with E-state index in [0.29, 0.717) is 19.1 Å². The first-order chi connectivity index (χ1) is 10.2. The summed E-state index contributed by atoms with van der Waals surface area (Å²) >= 11 is 1.65. The van der Waals surface area contributed by atoms with Crippen LogP contribution in [0.15, 0.2) is 5.38 Å². The van der Waals surface area contributed by atoms with Gasteiger partial charge in [0.05, 0.1) is 11.6 Å². The van der Waals surface area contributed by atoms with Crippen molar-refractivity contribution in [2.75, 3.05) is 23.9 Å². The molecule has 0 aromatic carbocycles. The normalized spacial score (nSPS) is 10.4. The van der Waals surface area contributed by atoms with E-state index in [1.165, 1.54) is 0 Å². The van der Waals surface area contributed by atoms with Crippen molar-refractivity contribution in [3.8, 4) is 6.01 Å².